The van der Waals surface area contributed by atoms with Crippen molar-refractivity contribution in [3.8, 4) is 0 Å². The second kappa shape index (κ2) is 7.98. The van der Waals surface area contributed by atoms with Crippen LogP contribution in [0.1, 0.15) is 69.5 Å². The first-order chi connectivity index (χ1) is 14.6. The summed E-state index contributed by atoms with van der Waals surface area (Å²) in [5, 5.41) is 8.05. The first-order valence-corrected chi connectivity index (χ1v) is 10.9. The number of para-hydroxylation sites is 1. The highest BCUT2D eigenvalue weighted by molar-refractivity contribution is 6.02. The molecule has 0 bridgehead atoms. The number of benzene rings is 1. The molecule has 1 aromatic heterocycles. The summed E-state index contributed by atoms with van der Waals surface area (Å²) in [5.74, 6) is -0.779. The van der Waals surface area contributed by atoms with Crippen LogP contribution in [0.4, 0.5) is 4.79 Å². The molecule has 2 fully saturated rings. The Morgan fingerprint density at radius 3 is 2.71 bits per heavy atom. The molecular weight excluding hydrogens is 396 g/mol. The number of hydrogen-bond acceptors (Lipinski definition) is 5. The zero-order valence-electron chi connectivity index (χ0n) is 18.6. The van der Waals surface area contributed by atoms with E-state index in [0.29, 0.717) is 31.6 Å². The maximum Gasteiger partial charge on any atom is 0.410 e. The normalized spacial score (nSPS) is 22.5. The van der Waals surface area contributed by atoms with E-state index >= 15 is 0 Å². The summed E-state index contributed by atoms with van der Waals surface area (Å²) < 4.78 is 7.40. The Morgan fingerprint density at radius 2 is 2.00 bits per heavy atom. The van der Waals surface area contributed by atoms with Gasteiger partial charge in [-0.05, 0) is 45.6 Å². The zero-order valence-corrected chi connectivity index (χ0v) is 18.6. The summed E-state index contributed by atoms with van der Waals surface area (Å²) in [4.78, 5) is 38.4. The fraction of sp³-hybridized carbons (Fsp3) is 0.565. The molecule has 166 valence electrons. The first kappa shape index (κ1) is 21.3. The third-order valence-corrected chi connectivity index (χ3v) is 6.01. The van der Waals surface area contributed by atoms with E-state index in [2.05, 4.69) is 16.5 Å². The number of aromatic nitrogens is 2. The van der Waals surface area contributed by atoms with E-state index in [1.807, 2.05) is 44.6 Å². The van der Waals surface area contributed by atoms with Gasteiger partial charge in [0.1, 0.15) is 5.60 Å². The van der Waals surface area contributed by atoms with Crippen molar-refractivity contribution in [3.63, 3.8) is 0 Å². The first-order valence-electron chi connectivity index (χ1n) is 10.9. The van der Waals surface area contributed by atoms with Gasteiger partial charge in [-0.2, -0.15) is 5.10 Å². The topological polar surface area (TPSA) is 93.5 Å². The Balaban J connectivity index is 1.64. The van der Waals surface area contributed by atoms with Gasteiger partial charge in [0.15, 0.2) is 0 Å². The smallest absolute Gasteiger partial charge is 0.410 e. The van der Waals surface area contributed by atoms with Crippen LogP contribution in [0.15, 0.2) is 18.2 Å². The van der Waals surface area contributed by atoms with E-state index in [1.165, 1.54) is 0 Å². The van der Waals surface area contributed by atoms with Crippen molar-refractivity contribution < 1.29 is 19.1 Å². The van der Waals surface area contributed by atoms with Crippen LogP contribution in [0.2, 0.25) is 0 Å². The van der Waals surface area contributed by atoms with Gasteiger partial charge >= 0.3 is 6.09 Å². The number of carbonyl (C=O) groups excluding carboxylic acids is 3. The molecule has 4 rings (SSSR count). The van der Waals surface area contributed by atoms with Gasteiger partial charge in [0.2, 0.25) is 11.8 Å². The molecule has 2 atom stereocenters. The molecule has 31 heavy (non-hydrogen) atoms. The van der Waals surface area contributed by atoms with Crippen LogP contribution in [-0.4, -0.2) is 51.3 Å². The largest absolute Gasteiger partial charge is 0.444 e. The molecule has 0 radical (unpaired) electrons. The van der Waals surface area contributed by atoms with Crippen molar-refractivity contribution in [3.05, 3.63) is 29.5 Å². The van der Waals surface area contributed by atoms with E-state index in [1.54, 1.807) is 4.90 Å². The average Bonchev–Trinajstić information content (AvgIpc) is 3.03. The number of likely N-dealkylation sites (tertiary alicyclic amines) is 1. The van der Waals surface area contributed by atoms with Gasteiger partial charge in [0.25, 0.3) is 0 Å². The Morgan fingerprint density at radius 1 is 1.23 bits per heavy atom. The van der Waals surface area contributed by atoms with Gasteiger partial charge in [-0.25, -0.2) is 4.79 Å². The molecule has 1 N–H and O–H groups in total. The quantitative estimate of drug-likeness (QED) is 0.745. The molecule has 2 aliphatic rings. The molecule has 2 aliphatic heterocycles. The third kappa shape index (κ3) is 4.29. The average molecular weight is 427 g/mol. The highest BCUT2D eigenvalue weighted by Gasteiger charge is 2.34. The second-order valence-electron chi connectivity index (χ2n) is 9.52. The molecule has 0 aliphatic carbocycles. The Hall–Kier alpha value is -2.90. The van der Waals surface area contributed by atoms with Crippen molar-refractivity contribution in [1.29, 1.82) is 0 Å². The Labute approximate surface area is 181 Å². The molecule has 2 saturated heterocycles. The van der Waals surface area contributed by atoms with Crippen molar-refractivity contribution in [2.75, 3.05) is 13.1 Å². The van der Waals surface area contributed by atoms with Crippen LogP contribution in [0.5, 0.6) is 0 Å². The number of carbonyl (C=O) groups is 3. The van der Waals surface area contributed by atoms with Crippen molar-refractivity contribution in [2.24, 2.45) is 7.05 Å². The number of nitrogens with zero attached hydrogens (tertiary/aromatic N) is 3. The molecule has 2 aromatic rings. The van der Waals surface area contributed by atoms with Gasteiger partial charge in [0.05, 0.1) is 17.1 Å². The Kier molecular flexibility index (Phi) is 5.49. The summed E-state index contributed by atoms with van der Waals surface area (Å²) in [6.45, 7) is 6.90. The third-order valence-electron chi connectivity index (χ3n) is 6.01. The monoisotopic (exact) mass is 426 g/mol. The van der Waals surface area contributed by atoms with Crippen LogP contribution >= 0.6 is 0 Å². The molecule has 0 spiro atoms. The number of nitrogens with one attached hydrogen (secondary N) is 1. The molecule has 8 nitrogen and oxygen atoms in total. The van der Waals surface area contributed by atoms with Crippen molar-refractivity contribution >= 4 is 28.8 Å². The summed E-state index contributed by atoms with van der Waals surface area (Å²) in [7, 11) is 1.88. The standard InChI is InChI=1S/C23H30N4O4/c1-23(2,3)31-22(30)27-12-6-7-14(13-27)15-8-5-9-16-19(25-26(4)20(15)16)17-10-11-18(28)24-21(17)29/h5,8-9,14,17H,6-7,10-13H2,1-4H3,(H,24,28,29)/t14-,17?/m1/s1. The fourth-order valence-corrected chi connectivity index (χ4v) is 4.66. The number of ether oxygens (including phenoxy) is 1. The molecule has 3 amide bonds. The summed E-state index contributed by atoms with van der Waals surface area (Å²) in [6.07, 6.45) is 2.38. The van der Waals surface area contributed by atoms with E-state index in [4.69, 9.17) is 4.74 Å². The van der Waals surface area contributed by atoms with Gasteiger partial charge in [-0.15, -0.1) is 0 Å². The minimum atomic E-state index is -0.525. The van der Waals surface area contributed by atoms with Crippen LogP contribution in [0.25, 0.3) is 10.9 Å². The second-order valence-corrected chi connectivity index (χ2v) is 9.52. The minimum absolute atomic E-state index is 0.162. The number of imide groups is 1. The van der Waals surface area contributed by atoms with Gasteiger partial charge in [-0.3, -0.25) is 19.6 Å². The van der Waals surface area contributed by atoms with Gasteiger partial charge in [-0.1, -0.05) is 18.2 Å². The number of rotatable bonds is 2. The van der Waals surface area contributed by atoms with Crippen LogP contribution in [0.3, 0.4) is 0 Å². The van der Waals surface area contributed by atoms with E-state index in [-0.39, 0.29) is 23.8 Å². The fourth-order valence-electron chi connectivity index (χ4n) is 4.66. The number of hydrogen-bond donors (Lipinski definition) is 1. The number of aryl methyl sites for hydroxylation is 1. The van der Waals surface area contributed by atoms with Crippen molar-refractivity contribution in [2.45, 2.75) is 63.9 Å². The lowest BCUT2D eigenvalue weighted by Gasteiger charge is -2.34. The van der Waals surface area contributed by atoms with Gasteiger partial charge < -0.3 is 9.64 Å². The zero-order chi connectivity index (χ0) is 22.3. The van der Waals surface area contributed by atoms with Gasteiger partial charge in [0, 0.05) is 37.9 Å². The number of piperidine rings is 2. The number of amides is 3. The molecule has 1 unspecified atom stereocenters. The lowest BCUT2D eigenvalue weighted by molar-refractivity contribution is -0.134. The molecule has 3 heterocycles. The van der Waals surface area contributed by atoms with Crippen LogP contribution in [-0.2, 0) is 21.4 Å². The lowest BCUT2D eigenvalue weighted by Crippen LogP contribution is -2.42. The van der Waals surface area contributed by atoms with E-state index in [9.17, 15) is 14.4 Å². The summed E-state index contributed by atoms with van der Waals surface area (Å²) in [6, 6.07) is 6.06. The van der Waals surface area contributed by atoms with Crippen LogP contribution < -0.4 is 5.32 Å². The maximum atomic E-state index is 12.6. The Bertz CT molecular complexity index is 1040. The minimum Gasteiger partial charge on any atom is -0.444 e. The van der Waals surface area contributed by atoms with Crippen molar-refractivity contribution in [1.82, 2.24) is 20.0 Å². The maximum absolute atomic E-state index is 12.6. The molecule has 1 aromatic carbocycles. The van der Waals surface area contributed by atoms with E-state index in [0.717, 1.165) is 29.3 Å². The lowest BCUT2D eigenvalue weighted by atomic mass is 9.87. The molecule has 8 heteroatoms. The molecular formula is C23H30N4O4. The van der Waals surface area contributed by atoms with Crippen LogP contribution in [0, 0.1) is 0 Å². The predicted octanol–water partition coefficient (Wildman–Crippen LogP) is 3.21. The molecule has 0 saturated carbocycles. The highest BCUT2D eigenvalue weighted by atomic mass is 16.6. The summed E-state index contributed by atoms with van der Waals surface area (Å²) >= 11 is 0. The number of fused-ring (bicyclic) bond motifs is 1. The van der Waals surface area contributed by atoms with E-state index < -0.39 is 11.5 Å². The predicted molar refractivity (Wildman–Crippen MR) is 116 cm³/mol. The summed E-state index contributed by atoms with van der Waals surface area (Å²) in [5.41, 5.74) is 2.30. The SMILES string of the molecule is Cn1nc(C2CCC(=O)NC2=O)c2cccc([C@@H]3CCCN(C(=O)OC(C)(C)C)C3)c21. The highest BCUT2D eigenvalue weighted by Crippen LogP contribution is 2.36.